The number of likely N-dealkylation sites (tertiary alicyclic amines) is 1. The van der Waals surface area contributed by atoms with Gasteiger partial charge in [-0.15, -0.1) is 0 Å². The summed E-state index contributed by atoms with van der Waals surface area (Å²) in [5.74, 6) is -0.428. The Morgan fingerprint density at radius 1 is 1.41 bits per heavy atom. The number of nitrogens with zero attached hydrogens (tertiary/aromatic N) is 1. The Labute approximate surface area is 131 Å². The Kier molecular flexibility index (Phi) is 5.55. The molecule has 1 amide bonds. The quantitative estimate of drug-likeness (QED) is 0.844. The van der Waals surface area contributed by atoms with Crippen LogP contribution in [0.2, 0.25) is 0 Å². The summed E-state index contributed by atoms with van der Waals surface area (Å²) in [4.78, 5) is 25.3. The van der Waals surface area contributed by atoms with Gasteiger partial charge in [0.15, 0.2) is 0 Å². The average molecular weight is 304 g/mol. The third kappa shape index (κ3) is 4.31. The van der Waals surface area contributed by atoms with Crippen molar-refractivity contribution in [3.8, 4) is 0 Å². The van der Waals surface area contributed by atoms with Crippen molar-refractivity contribution in [1.82, 2.24) is 10.2 Å². The molecule has 2 rings (SSSR count). The van der Waals surface area contributed by atoms with Gasteiger partial charge in [-0.2, -0.15) is 0 Å². The lowest BCUT2D eigenvalue weighted by molar-refractivity contribution is -0.142. The Hall–Kier alpha value is -1.88. The summed E-state index contributed by atoms with van der Waals surface area (Å²) in [6.45, 7) is 6.12. The van der Waals surface area contributed by atoms with Gasteiger partial charge in [-0.25, -0.2) is 0 Å². The Morgan fingerprint density at radius 3 is 2.86 bits per heavy atom. The molecule has 0 aliphatic carbocycles. The Balaban J connectivity index is 2.02. The van der Waals surface area contributed by atoms with E-state index in [4.69, 9.17) is 0 Å². The first-order valence-electron chi connectivity index (χ1n) is 7.81. The molecule has 1 aliphatic rings. The molecule has 5 nitrogen and oxygen atoms in total. The molecule has 1 heterocycles. The zero-order valence-corrected chi connectivity index (χ0v) is 13.2. The van der Waals surface area contributed by atoms with Gasteiger partial charge in [0.1, 0.15) is 6.04 Å². The second-order valence-electron chi connectivity index (χ2n) is 6.27. The van der Waals surface area contributed by atoms with Crippen LogP contribution >= 0.6 is 0 Å². The maximum Gasteiger partial charge on any atom is 0.320 e. The van der Waals surface area contributed by atoms with Crippen LogP contribution in [0.25, 0.3) is 0 Å². The Morgan fingerprint density at radius 2 is 2.18 bits per heavy atom. The summed E-state index contributed by atoms with van der Waals surface area (Å²) in [7, 11) is 0. The van der Waals surface area contributed by atoms with Gasteiger partial charge in [0.25, 0.3) is 5.91 Å². The number of hydrogen-bond acceptors (Lipinski definition) is 3. The molecule has 0 saturated carbocycles. The first kappa shape index (κ1) is 16.5. The number of carbonyl (C=O) groups is 2. The van der Waals surface area contributed by atoms with Crippen LogP contribution in [-0.2, 0) is 11.3 Å². The van der Waals surface area contributed by atoms with Crippen molar-refractivity contribution in [1.29, 1.82) is 0 Å². The van der Waals surface area contributed by atoms with Crippen molar-refractivity contribution in [2.24, 2.45) is 5.92 Å². The van der Waals surface area contributed by atoms with E-state index in [1.165, 1.54) is 0 Å². The number of aliphatic carboxylic acids is 1. The number of carboxylic acids is 1. The summed E-state index contributed by atoms with van der Waals surface area (Å²) < 4.78 is 0. The van der Waals surface area contributed by atoms with Crippen LogP contribution in [0.4, 0.5) is 0 Å². The molecule has 1 atom stereocenters. The molecule has 0 radical (unpaired) electrons. The maximum atomic E-state index is 12.1. The van der Waals surface area contributed by atoms with Gasteiger partial charge in [-0.3, -0.25) is 14.5 Å². The standard InChI is InChI=1S/C17H24N2O3/c1-12(2)10-18-16(20)14-6-3-5-13(9-14)11-19-8-4-7-15(19)17(21)22/h3,5-6,9,12,15H,4,7-8,10-11H2,1-2H3,(H,18,20)(H,21,22)/t15-/m1/s1. The third-order valence-corrected chi connectivity index (χ3v) is 3.89. The van der Waals surface area contributed by atoms with E-state index in [0.29, 0.717) is 31.0 Å². The van der Waals surface area contributed by atoms with Crippen LogP contribution in [0.15, 0.2) is 24.3 Å². The fraction of sp³-hybridized carbons (Fsp3) is 0.529. The molecule has 0 unspecified atom stereocenters. The average Bonchev–Trinajstić information content (AvgIpc) is 2.93. The first-order chi connectivity index (χ1) is 10.5. The molecule has 1 saturated heterocycles. The van der Waals surface area contributed by atoms with E-state index in [0.717, 1.165) is 18.5 Å². The number of carbonyl (C=O) groups excluding carboxylic acids is 1. The normalized spacial score (nSPS) is 18.6. The lowest BCUT2D eigenvalue weighted by atomic mass is 10.1. The van der Waals surface area contributed by atoms with Gasteiger partial charge in [-0.05, 0) is 43.0 Å². The van der Waals surface area contributed by atoms with E-state index < -0.39 is 12.0 Å². The number of nitrogens with one attached hydrogen (secondary N) is 1. The molecular weight excluding hydrogens is 280 g/mol. The highest BCUT2D eigenvalue weighted by atomic mass is 16.4. The van der Waals surface area contributed by atoms with Crippen molar-refractivity contribution in [3.63, 3.8) is 0 Å². The fourth-order valence-electron chi connectivity index (χ4n) is 2.74. The molecule has 5 heteroatoms. The molecule has 1 aromatic rings. The molecule has 0 bridgehead atoms. The van der Waals surface area contributed by atoms with Crippen molar-refractivity contribution < 1.29 is 14.7 Å². The molecule has 0 aromatic heterocycles. The van der Waals surface area contributed by atoms with Crippen LogP contribution in [0.5, 0.6) is 0 Å². The van der Waals surface area contributed by atoms with Crippen LogP contribution in [0.3, 0.4) is 0 Å². The highest BCUT2D eigenvalue weighted by molar-refractivity contribution is 5.94. The monoisotopic (exact) mass is 304 g/mol. The molecule has 1 aromatic carbocycles. The van der Waals surface area contributed by atoms with Crippen LogP contribution in [-0.4, -0.2) is 41.0 Å². The second kappa shape index (κ2) is 7.40. The number of hydrogen-bond donors (Lipinski definition) is 2. The minimum Gasteiger partial charge on any atom is -0.480 e. The number of carboxylic acid groups (broad SMARTS) is 1. The summed E-state index contributed by atoms with van der Waals surface area (Å²) in [5.41, 5.74) is 1.61. The lowest BCUT2D eigenvalue weighted by Gasteiger charge is -2.21. The second-order valence-corrected chi connectivity index (χ2v) is 6.27. The molecule has 0 spiro atoms. The molecule has 2 N–H and O–H groups in total. The van der Waals surface area contributed by atoms with Gasteiger partial charge in [0.05, 0.1) is 0 Å². The Bertz CT molecular complexity index is 542. The number of benzene rings is 1. The van der Waals surface area contributed by atoms with Crippen molar-refractivity contribution in [2.45, 2.75) is 39.3 Å². The molecule has 1 aliphatic heterocycles. The summed E-state index contributed by atoms with van der Waals surface area (Å²) in [6, 6.07) is 7.03. The van der Waals surface area contributed by atoms with Gasteiger partial charge < -0.3 is 10.4 Å². The van der Waals surface area contributed by atoms with E-state index in [9.17, 15) is 14.7 Å². The third-order valence-electron chi connectivity index (χ3n) is 3.89. The van der Waals surface area contributed by atoms with Gasteiger partial charge in [0, 0.05) is 18.7 Å². The van der Waals surface area contributed by atoms with E-state index in [-0.39, 0.29) is 5.91 Å². The highest BCUT2D eigenvalue weighted by Crippen LogP contribution is 2.20. The summed E-state index contributed by atoms with van der Waals surface area (Å²) in [5, 5.41) is 12.1. The number of rotatable bonds is 6. The van der Waals surface area contributed by atoms with E-state index >= 15 is 0 Å². The van der Waals surface area contributed by atoms with Crippen molar-refractivity contribution in [3.05, 3.63) is 35.4 Å². The highest BCUT2D eigenvalue weighted by Gasteiger charge is 2.30. The van der Waals surface area contributed by atoms with Crippen LogP contribution in [0, 0.1) is 5.92 Å². The molecule has 120 valence electrons. The zero-order valence-electron chi connectivity index (χ0n) is 13.2. The molecule has 22 heavy (non-hydrogen) atoms. The topological polar surface area (TPSA) is 69.6 Å². The predicted octanol–water partition coefficient (Wildman–Crippen LogP) is 2.12. The first-order valence-corrected chi connectivity index (χ1v) is 7.81. The van der Waals surface area contributed by atoms with Gasteiger partial charge in [0.2, 0.25) is 0 Å². The molecule has 1 fully saturated rings. The van der Waals surface area contributed by atoms with Crippen molar-refractivity contribution >= 4 is 11.9 Å². The van der Waals surface area contributed by atoms with Crippen LogP contribution < -0.4 is 5.32 Å². The van der Waals surface area contributed by atoms with Crippen LogP contribution in [0.1, 0.15) is 42.6 Å². The van der Waals surface area contributed by atoms with E-state index in [1.54, 1.807) is 6.07 Å². The zero-order chi connectivity index (χ0) is 16.1. The van der Waals surface area contributed by atoms with E-state index in [2.05, 4.69) is 19.2 Å². The van der Waals surface area contributed by atoms with Gasteiger partial charge >= 0.3 is 5.97 Å². The van der Waals surface area contributed by atoms with Gasteiger partial charge in [-0.1, -0.05) is 26.0 Å². The largest absolute Gasteiger partial charge is 0.480 e. The summed E-state index contributed by atoms with van der Waals surface area (Å²) >= 11 is 0. The minimum atomic E-state index is -0.761. The lowest BCUT2D eigenvalue weighted by Crippen LogP contribution is -2.35. The molecular formula is C17H24N2O3. The predicted molar refractivity (Wildman–Crippen MR) is 84.7 cm³/mol. The SMILES string of the molecule is CC(C)CNC(=O)c1cccc(CN2CCC[C@@H]2C(=O)O)c1. The fourth-order valence-corrected chi connectivity index (χ4v) is 2.74. The number of amides is 1. The van der Waals surface area contributed by atoms with Crippen molar-refractivity contribution in [2.75, 3.05) is 13.1 Å². The maximum absolute atomic E-state index is 12.1. The smallest absolute Gasteiger partial charge is 0.320 e. The summed E-state index contributed by atoms with van der Waals surface area (Å²) in [6.07, 6.45) is 1.61. The minimum absolute atomic E-state index is 0.0771. The van der Waals surface area contributed by atoms with E-state index in [1.807, 2.05) is 23.1 Å².